The van der Waals surface area contributed by atoms with Gasteiger partial charge in [0.1, 0.15) is 24.7 Å². The fraction of sp³-hybridized carbons (Fsp3) is 0.125. The van der Waals surface area contributed by atoms with Crippen LogP contribution in [0.15, 0.2) is 84.0 Å². The molecule has 0 spiro atoms. The summed E-state index contributed by atoms with van der Waals surface area (Å²) in [7, 11) is 0. The predicted molar refractivity (Wildman–Crippen MR) is 117 cm³/mol. The van der Waals surface area contributed by atoms with E-state index >= 15 is 0 Å². The maximum atomic E-state index is 12.3. The molecule has 1 N–H and O–H groups in total. The van der Waals surface area contributed by atoms with Crippen molar-refractivity contribution in [2.45, 2.75) is 6.61 Å². The van der Waals surface area contributed by atoms with Crippen LogP contribution in [0.3, 0.4) is 0 Å². The van der Waals surface area contributed by atoms with Crippen molar-refractivity contribution in [1.29, 1.82) is 0 Å². The molecule has 2 amide bonds. The second kappa shape index (κ2) is 9.58. The van der Waals surface area contributed by atoms with Gasteiger partial charge < -0.3 is 9.47 Å². The zero-order valence-electron chi connectivity index (χ0n) is 16.7. The van der Waals surface area contributed by atoms with Gasteiger partial charge in [-0.2, -0.15) is 5.10 Å². The van der Waals surface area contributed by atoms with Crippen LogP contribution in [0.1, 0.15) is 11.1 Å². The summed E-state index contributed by atoms with van der Waals surface area (Å²) in [5.41, 5.74) is 4.93. The zero-order chi connectivity index (χ0) is 21.5. The number of benzene rings is 3. The number of hydrogen-bond donors (Lipinski definition) is 1. The number of rotatable bonds is 7. The largest absolute Gasteiger partial charge is 0.489 e. The first-order valence-electron chi connectivity index (χ1n) is 9.80. The number of fused-ring (bicyclic) bond motifs is 1. The minimum Gasteiger partial charge on any atom is -0.489 e. The zero-order valence-corrected chi connectivity index (χ0v) is 16.7. The van der Waals surface area contributed by atoms with Crippen molar-refractivity contribution in [3.8, 4) is 11.5 Å². The number of para-hydroxylation sites is 2. The Labute approximate surface area is 179 Å². The molecule has 0 radical (unpaired) electrons. The van der Waals surface area contributed by atoms with Gasteiger partial charge in [-0.15, -0.1) is 0 Å². The number of nitrogens with one attached hydrogen (secondary N) is 1. The summed E-state index contributed by atoms with van der Waals surface area (Å²) in [6.45, 7) is 0.267. The van der Waals surface area contributed by atoms with E-state index in [1.54, 1.807) is 18.2 Å². The van der Waals surface area contributed by atoms with Crippen molar-refractivity contribution in [1.82, 2.24) is 5.43 Å². The summed E-state index contributed by atoms with van der Waals surface area (Å²) >= 11 is 0. The summed E-state index contributed by atoms with van der Waals surface area (Å²) < 4.78 is 11.1. The molecule has 0 saturated heterocycles. The lowest BCUT2D eigenvalue weighted by Crippen LogP contribution is -2.44. The van der Waals surface area contributed by atoms with E-state index in [9.17, 15) is 9.59 Å². The molecule has 1 aliphatic rings. The maximum Gasteiger partial charge on any atom is 0.265 e. The highest BCUT2D eigenvalue weighted by Gasteiger charge is 2.26. The number of nitrogens with zero attached hydrogens (tertiary/aromatic N) is 2. The van der Waals surface area contributed by atoms with Gasteiger partial charge in [0.2, 0.25) is 0 Å². The number of carbonyl (C=O) groups excluding carboxylic acids is 2. The molecule has 31 heavy (non-hydrogen) atoms. The van der Waals surface area contributed by atoms with Crippen LogP contribution in [-0.2, 0) is 16.2 Å². The van der Waals surface area contributed by atoms with E-state index in [0.29, 0.717) is 18.0 Å². The Morgan fingerprint density at radius 3 is 2.58 bits per heavy atom. The monoisotopic (exact) mass is 415 g/mol. The fourth-order valence-electron chi connectivity index (χ4n) is 3.08. The first-order chi connectivity index (χ1) is 15.2. The van der Waals surface area contributed by atoms with Gasteiger partial charge in [-0.3, -0.25) is 14.5 Å². The number of anilines is 1. The fourth-order valence-corrected chi connectivity index (χ4v) is 3.08. The van der Waals surface area contributed by atoms with Crippen molar-refractivity contribution in [2.75, 3.05) is 18.1 Å². The molecule has 0 bridgehead atoms. The molecule has 3 aromatic rings. The first-order valence-corrected chi connectivity index (χ1v) is 9.80. The Kier molecular flexibility index (Phi) is 6.23. The molecular weight excluding hydrogens is 394 g/mol. The van der Waals surface area contributed by atoms with Crippen molar-refractivity contribution >= 4 is 23.7 Å². The summed E-state index contributed by atoms with van der Waals surface area (Å²) in [5.74, 6) is 0.649. The van der Waals surface area contributed by atoms with E-state index in [1.165, 1.54) is 11.1 Å². The van der Waals surface area contributed by atoms with Crippen LogP contribution in [0.2, 0.25) is 0 Å². The van der Waals surface area contributed by atoms with Crippen molar-refractivity contribution in [2.24, 2.45) is 5.10 Å². The molecular formula is C24H21N3O4. The van der Waals surface area contributed by atoms with Gasteiger partial charge in [-0.05, 0) is 47.5 Å². The number of carbonyl (C=O) groups is 2. The van der Waals surface area contributed by atoms with E-state index in [4.69, 9.17) is 9.47 Å². The molecule has 0 saturated carbocycles. The van der Waals surface area contributed by atoms with Gasteiger partial charge in [-0.25, -0.2) is 5.43 Å². The predicted octanol–water partition coefficient (Wildman–Crippen LogP) is 3.14. The lowest BCUT2D eigenvalue weighted by Gasteiger charge is -2.28. The average Bonchev–Trinajstić information content (AvgIpc) is 2.81. The number of amides is 2. The second-order valence-electron chi connectivity index (χ2n) is 6.87. The van der Waals surface area contributed by atoms with Crippen molar-refractivity contribution < 1.29 is 19.1 Å². The van der Waals surface area contributed by atoms with Gasteiger partial charge in [-0.1, -0.05) is 42.5 Å². The molecule has 4 rings (SSSR count). The summed E-state index contributed by atoms with van der Waals surface area (Å²) in [5, 5.41) is 3.98. The van der Waals surface area contributed by atoms with Crippen LogP contribution >= 0.6 is 0 Å². The molecule has 7 heteroatoms. The Hall–Kier alpha value is -4.13. The van der Waals surface area contributed by atoms with Crippen LogP contribution in [0.4, 0.5) is 5.69 Å². The number of hydrogen-bond acceptors (Lipinski definition) is 5. The Morgan fingerprint density at radius 1 is 1.03 bits per heavy atom. The molecule has 156 valence electrons. The van der Waals surface area contributed by atoms with Crippen LogP contribution in [0.25, 0.3) is 0 Å². The minimum atomic E-state index is -0.399. The van der Waals surface area contributed by atoms with E-state index in [2.05, 4.69) is 10.5 Å². The molecule has 0 unspecified atom stereocenters. The highest BCUT2D eigenvalue weighted by atomic mass is 16.5. The highest BCUT2D eigenvalue weighted by molar-refractivity contribution is 6.02. The third-order valence-corrected chi connectivity index (χ3v) is 4.64. The molecule has 0 atom stereocenters. The van der Waals surface area contributed by atoms with Gasteiger partial charge in [0.25, 0.3) is 11.8 Å². The standard InChI is InChI=1S/C24H21N3O4/c28-23(15-27-21-8-4-5-9-22(21)31-17-24(27)29)26-25-14-18-10-12-20(13-11-18)30-16-19-6-2-1-3-7-19/h1-14H,15-17H2,(H,26,28)/b25-14-. The quantitative estimate of drug-likeness (QED) is 0.475. The lowest BCUT2D eigenvalue weighted by atomic mass is 10.2. The summed E-state index contributed by atoms with van der Waals surface area (Å²) in [6, 6.07) is 24.4. The highest BCUT2D eigenvalue weighted by Crippen LogP contribution is 2.31. The van der Waals surface area contributed by atoms with E-state index < -0.39 is 5.91 Å². The van der Waals surface area contributed by atoms with Gasteiger partial charge in [0.05, 0.1) is 11.9 Å². The molecule has 7 nitrogen and oxygen atoms in total. The molecule has 0 fully saturated rings. The lowest BCUT2D eigenvalue weighted by molar-refractivity contribution is -0.125. The third-order valence-electron chi connectivity index (χ3n) is 4.64. The normalized spacial score (nSPS) is 12.9. The molecule has 0 aromatic heterocycles. The van der Waals surface area contributed by atoms with E-state index in [-0.39, 0.29) is 19.1 Å². The second-order valence-corrected chi connectivity index (χ2v) is 6.87. The van der Waals surface area contributed by atoms with Gasteiger partial charge >= 0.3 is 0 Å². The van der Waals surface area contributed by atoms with Crippen LogP contribution in [-0.4, -0.2) is 31.2 Å². The minimum absolute atomic E-state index is 0.0910. The number of ether oxygens (including phenoxy) is 2. The molecule has 1 heterocycles. The molecule has 0 aliphatic carbocycles. The van der Waals surface area contributed by atoms with E-state index in [0.717, 1.165) is 16.9 Å². The summed E-state index contributed by atoms with van der Waals surface area (Å²) in [4.78, 5) is 25.8. The van der Waals surface area contributed by atoms with Crippen molar-refractivity contribution in [3.05, 3.63) is 90.0 Å². The average molecular weight is 415 g/mol. The smallest absolute Gasteiger partial charge is 0.265 e. The van der Waals surface area contributed by atoms with Gasteiger partial charge in [0.15, 0.2) is 6.61 Å². The van der Waals surface area contributed by atoms with Crippen LogP contribution < -0.4 is 19.8 Å². The van der Waals surface area contributed by atoms with Crippen molar-refractivity contribution in [3.63, 3.8) is 0 Å². The van der Waals surface area contributed by atoms with Gasteiger partial charge in [0, 0.05) is 0 Å². The maximum absolute atomic E-state index is 12.3. The topological polar surface area (TPSA) is 80.2 Å². The number of hydrazone groups is 1. The Morgan fingerprint density at radius 2 is 1.77 bits per heavy atom. The first kappa shape index (κ1) is 20.2. The van der Waals surface area contributed by atoms with E-state index in [1.807, 2.05) is 60.7 Å². The Balaban J connectivity index is 1.28. The third kappa shape index (κ3) is 5.27. The Bertz CT molecular complexity index is 1080. The summed E-state index contributed by atoms with van der Waals surface area (Å²) in [6.07, 6.45) is 1.54. The molecule has 3 aromatic carbocycles. The SMILES string of the molecule is O=C(CN1C(=O)COc2ccccc21)N/N=C\c1ccc(OCc2ccccc2)cc1. The van der Waals surface area contributed by atoms with Crippen LogP contribution in [0, 0.1) is 0 Å². The van der Waals surface area contributed by atoms with Crippen LogP contribution in [0.5, 0.6) is 11.5 Å². The molecule has 1 aliphatic heterocycles.